The van der Waals surface area contributed by atoms with Gasteiger partial charge in [0.15, 0.2) is 5.78 Å². The second-order valence-corrected chi connectivity index (χ2v) is 5.79. The average molecular weight is 350 g/mol. The summed E-state index contributed by atoms with van der Waals surface area (Å²) in [6.45, 7) is 1.40. The van der Waals surface area contributed by atoms with Crippen LogP contribution in [0.25, 0.3) is 0 Å². The van der Waals surface area contributed by atoms with Crippen molar-refractivity contribution in [1.29, 1.82) is 0 Å². The van der Waals surface area contributed by atoms with E-state index in [1.54, 1.807) is 36.4 Å². The highest BCUT2D eigenvalue weighted by molar-refractivity contribution is 6.45. The molecule has 0 radical (unpaired) electrons. The molecule has 0 saturated carbocycles. The monoisotopic (exact) mass is 349 g/mol. The Bertz CT molecular complexity index is 739. The fraction of sp³-hybridized carbons (Fsp3) is 0.118. The SMILES string of the molecule is CC(C(=O)C(=O)Nc1ccc(Cl)cc1)C(=O)c1ccc(Cl)cc1. The molecule has 0 spiro atoms. The summed E-state index contributed by atoms with van der Waals surface area (Å²) in [7, 11) is 0. The molecule has 0 aliphatic rings. The van der Waals surface area contributed by atoms with Crippen LogP contribution in [0.5, 0.6) is 0 Å². The summed E-state index contributed by atoms with van der Waals surface area (Å²) in [5.41, 5.74) is 0.758. The van der Waals surface area contributed by atoms with Crippen molar-refractivity contribution in [3.8, 4) is 0 Å². The summed E-state index contributed by atoms with van der Waals surface area (Å²) in [6.07, 6.45) is 0. The van der Waals surface area contributed by atoms with Crippen LogP contribution in [0.2, 0.25) is 10.0 Å². The smallest absolute Gasteiger partial charge is 0.292 e. The van der Waals surface area contributed by atoms with Crippen LogP contribution < -0.4 is 5.32 Å². The van der Waals surface area contributed by atoms with E-state index in [2.05, 4.69) is 5.32 Å². The molecule has 0 heterocycles. The van der Waals surface area contributed by atoms with E-state index in [0.717, 1.165) is 0 Å². The number of benzene rings is 2. The summed E-state index contributed by atoms with van der Waals surface area (Å²) < 4.78 is 0. The van der Waals surface area contributed by atoms with Crippen LogP contribution in [0, 0.1) is 5.92 Å². The highest BCUT2D eigenvalue weighted by Gasteiger charge is 2.28. The number of hydrogen-bond donors (Lipinski definition) is 1. The van der Waals surface area contributed by atoms with Crippen molar-refractivity contribution in [1.82, 2.24) is 0 Å². The summed E-state index contributed by atoms with van der Waals surface area (Å²) in [5.74, 6) is -3.16. The maximum Gasteiger partial charge on any atom is 0.292 e. The Morgan fingerprint density at radius 1 is 0.870 bits per heavy atom. The zero-order valence-electron chi connectivity index (χ0n) is 12.2. The molecule has 0 aromatic heterocycles. The summed E-state index contributed by atoms with van der Waals surface area (Å²) >= 11 is 11.5. The van der Waals surface area contributed by atoms with Gasteiger partial charge in [0.1, 0.15) is 0 Å². The van der Waals surface area contributed by atoms with Crippen LogP contribution >= 0.6 is 23.2 Å². The summed E-state index contributed by atoms with van der Waals surface area (Å²) in [6, 6.07) is 12.5. The maximum absolute atomic E-state index is 12.2. The number of anilines is 1. The van der Waals surface area contributed by atoms with Crippen LogP contribution in [-0.2, 0) is 9.59 Å². The van der Waals surface area contributed by atoms with Crippen molar-refractivity contribution < 1.29 is 14.4 Å². The van der Waals surface area contributed by atoms with E-state index in [9.17, 15) is 14.4 Å². The molecule has 0 saturated heterocycles. The zero-order chi connectivity index (χ0) is 17.0. The van der Waals surface area contributed by atoms with Gasteiger partial charge in [0.25, 0.3) is 5.91 Å². The molecule has 2 aromatic rings. The quantitative estimate of drug-likeness (QED) is 0.503. The standard InChI is InChI=1S/C17H13Cl2NO3/c1-10(15(21)11-2-4-12(18)5-3-11)16(22)17(23)20-14-8-6-13(19)7-9-14/h2-10H,1H3,(H,20,23). The van der Waals surface area contributed by atoms with Gasteiger partial charge in [-0.2, -0.15) is 0 Å². The minimum Gasteiger partial charge on any atom is -0.319 e. The van der Waals surface area contributed by atoms with Crippen LogP contribution in [0.3, 0.4) is 0 Å². The maximum atomic E-state index is 12.2. The third kappa shape index (κ3) is 4.41. The van der Waals surface area contributed by atoms with Crippen LogP contribution in [0.15, 0.2) is 48.5 Å². The average Bonchev–Trinajstić information content (AvgIpc) is 2.55. The van der Waals surface area contributed by atoms with Crippen LogP contribution in [0.4, 0.5) is 5.69 Å². The first kappa shape index (κ1) is 17.2. The number of rotatable bonds is 5. The number of ketones is 2. The van der Waals surface area contributed by atoms with Gasteiger partial charge < -0.3 is 5.32 Å². The Hall–Kier alpha value is -2.17. The third-order valence-corrected chi connectivity index (χ3v) is 3.75. The number of amides is 1. The van der Waals surface area contributed by atoms with Gasteiger partial charge in [-0.05, 0) is 55.5 Å². The predicted octanol–water partition coefficient (Wildman–Crippen LogP) is 4.02. The molecular formula is C17H13Cl2NO3. The molecule has 0 aliphatic heterocycles. The Kier molecular flexibility index (Phi) is 5.53. The van der Waals surface area contributed by atoms with E-state index in [1.165, 1.54) is 19.1 Å². The molecule has 0 bridgehead atoms. The minimum absolute atomic E-state index is 0.328. The van der Waals surface area contributed by atoms with Crippen molar-refractivity contribution >= 4 is 46.4 Å². The Balaban J connectivity index is 2.06. The number of nitrogens with one attached hydrogen (secondary N) is 1. The van der Waals surface area contributed by atoms with E-state index in [4.69, 9.17) is 23.2 Å². The third-order valence-electron chi connectivity index (χ3n) is 3.24. The van der Waals surface area contributed by atoms with Gasteiger partial charge in [0.05, 0.1) is 5.92 Å². The lowest BCUT2D eigenvalue weighted by Gasteiger charge is -2.10. The van der Waals surface area contributed by atoms with Crippen LogP contribution in [0.1, 0.15) is 17.3 Å². The molecule has 4 nitrogen and oxygen atoms in total. The molecule has 6 heteroatoms. The number of carbonyl (C=O) groups is 3. The fourth-order valence-corrected chi connectivity index (χ4v) is 2.16. The lowest BCUT2D eigenvalue weighted by molar-refractivity contribution is -0.136. The molecule has 2 rings (SSSR count). The molecule has 118 valence electrons. The highest BCUT2D eigenvalue weighted by Crippen LogP contribution is 2.16. The fourth-order valence-electron chi connectivity index (χ4n) is 1.91. The molecule has 2 aromatic carbocycles. The molecule has 0 fully saturated rings. The van der Waals surface area contributed by atoms with Crippen molar-refractivity contribution in [2.45, 2.75) is 6.92 Å². The molecule has 23 heavy (non-hydrogen) atoms. The first-order valence-electron chi connectivity index (χ1n) is 6.79. The number of carbonyl (C=O) groups excluding carboxylic acids is 3. The molecule has 0 aliphatic carbocycles. The highest BCUT2D eigenvalue weighted by atomic mass is 35.5. The summed E-state index contributed by atoms with van der Waals surface area (Å²) in [5, 5.41) is 3.45. The van der Waals surface area contributed by atoms with Gasteiger partial charge in [-0.1, -0.05) is 23.2 Å². The molecular weight excluding hydrogens is 337 g/mol. The minimum atomic E-state index is -1.08. The van der Waals surface area contributed by atoms with Gasteiger partial charge in [0.2, 0.25) is 5.78 Å². The van der Waals surface area contributed by atoms with E-state index < -0.39 is 23.4 Å². The number of hydrogen-bond acceptors (Lipinski definition) is 3. The van der Waals surface area contributed by atoms with E-state index in [1.807, 2.05) is 0 Å². The first-order chi connectivity index (χ1) is 10.9. The number of halogens is 2. The Labute approximate surface area is 143 Å². The second kappa shape index (κ2) is 7.40. The number of Topliss-reactive ketones (excluding diaryl/α,β-unsaturated/α-hetero) is 2. The van der Waals surface area contributed by atoms with Crippen molar-refractivity contribution in [2.24, 2.45) is 5.92 Å². The van der Waals surface area contributed by atoms with Crippen molar-refractivity contribution in [2.75, 3.05) is 5.32 Å². The lowest BCUT2D eigenvalue weighted by Crippen LogP contribution is -2.32. The van der Waals surface area contributed by atoms with Gasteiger partial charge >= 0.3 is 0 Å². The van der Waals surface area contributed by atoms with Crippen molar-refractivity contribution in [3.05, 3.63) is 64.1 Å². The summed E-state index contributed by atoms with van der Waals surface area (Å²) in [4.78, 5) is 36.3. The second-order valence-electron chi connectivity index (χ2n) is 4.92. The van der Waals surface area contributed by atoms with E-state index in [-0.39, 0.29) is 0 Å². The molecule has 1 N–H and O–H groups in total. The normalized spacial score (nSPS) is 11.6. The van der Waals surface area contributed by atoms with E-state index in [0.29, 0.717) is 21.3 Å². The zero-order valence-corrected chi connectivity index (χ0v) is 13.7. The van der Waals surface area contributed by atoms with Crippen LogP contribution in [-0.4, -0.2) is 17.5 Å². The predicted molar refractivity (Wildman–Crippen MR) is 90.0 cm³/mol. The van der Waals surface area contributed by atoms with Gasteiger partial charge in [-0.25, -0.2) is 0 Å². The van der Waals surface area contributed by atoms with Gasteiger partial charge in [-0.3, -0.25) is 14.4 Å². The molecule has 1 unspecified atom stereocenters. The molecule has 1 amide bonds. The Morgan fingerprint density at radius 3 is 1.87 bits per heavy atom. The van der Waals surface area contributed by atoms with Gasteiger partial charge in [-0.15, -0.1) is 0 Å². The van der Waals surface area contributed by atoms with Gasteiger partial charge in [0, 0.05) is 21.3 Å². The van der Waals surface area contributed by atoms with E-state index >= 15 is 0 Å². The first-order valence-corrected chi connectivity index (χ1v) is 7.54. The molecule has 1 atom stereocenters. The Morgan fingerprint density at radius 2 is 1.35 bits per heavy atom. The largest absolute Gasteiger partial charge is 0.319 e. The lowest BCUT2D eigenvalue weighted by atomic mass is 9.95. The topological polar surface area (TPSA) is 63.2 Å². The van der Waals surface area contributed by atoms with Crippen molar-refractivity contribution in [3.63, 3.8) is 0 Å².